The van der Waals surface area contributed by atoms with Crippen molar-refractivity contribution in [3.63, 3.8) is 0 Å². The first-order valence-electron chi connectivity index (χ1n) is 8.14. The minimum atomic E-state index is -3.88. The largest absolute Gasteiger partial charge is 0.214 e. The number of benzene rings is 2. The van der Waals surface area contributed by atoms with Crippen LogP contribution in [0.4, 0.5) is 17.6 Å². The van der Waals surface area contributed by atoms with Gasteiger partial charge in [-0.25, -0.2) is 26.0 Å². The van der Waals surface area contributed by atoms with E-state index in [9.17, 15) is 26.0 Å². The van der Waals surface area contributed by atoms with Gasteiger partial charge >= 0.3 is 0 Å². The first kappa shape index (κ1) is 18.8. The van der Waals surface area contributed by atoms with Crippen molar-refractivity contribution < 1.29 is 26.0 Å². The molecule has 0 aliphatic heterocycles. The molecule has 1 fully saturated rings. The molecule has 1 aliphatic rings. The topological polar surface area (TPSA) is 37.4 Å². The van der Waals surface area contributed by atoms with Crippen LogP contribution in [0.15, 0.2) is 36.4 Å². The van der Waals surface area contributed by atoms with E-state index in [4.69, 9.17) is 0 Å². The van der Waals surface area contributed by atoms with Crippen molar-refractivity contribution in [2.24, 2.45) is 0 Å². The van der Waals surface area contributed by atoms with Crippen LogP contribution in [0.3, 0.4) is 0 Å². The normalized spacial score (nSPS) is 14.8. The molecule has 2 aromatic carbocycles. The number of rotatable bonds is 7. The van der Waals surface area contributed by atoms with Gasteiger partial charge in [0.15, 0.2) is 0 Å². The van der Waals surface area contributed by atoms with Gasteiger partial charge in [0.05, 0.1) is 5.75 Å². The summed E-state index contributed by atoms with van der Waals surface area (Å²) in [6, 6.07) is 6.03. The maximum absolute atomic E-state index is 13.9. The fourth-order valence-corrected chi connectivity index (χ4v) is 4.45. The van der Waals surface area contributed by atoms with Gasteiger partial charge in [-0.3, -0.25) is 0 Å². The van der Waals surface area contributed by atoms with E-state index in [1.807, 2.05) is 0 Å². The SMILES string of the molecule is O=S(=O)(CCc1c(F)cccc1F)N(Cc1ccc(F)cc1F)C1CC1. The van der Waals surface area contributed by atoms with Crippen LogP contribution in [0.2, 0.25) is 0 Å². The lowest BCUT2D eigenvalue weighted by atomic mass is 10.1. The molecule has 0 bridgehead atoms. The van der Waals surface area contributed by atoms with Gasteiger partial charge in [0.2, 0.25) is 10.0 Å². The van der Waals surface area contributed by atoms with E-state index in [1.165, 1.54) is 12.1 Å². The van der Waals surface area contributed by atoms with E-state index < -0.39 is 39.0 Å². The summed E-state index contributed by atoms with van der Waals surface area (Å²) in [6.45, 7) is -0.237. The van der Waals surface area contributed by atoms with Gasteiger partial charge < -0.3 is 0 Å². The molecule has 1 aliphatic carbocycles. The van der Waals surface area contributed by atoms with Crippen LogP contribution < -0.4 is 0 Å². The van der Waals surface area contributed by atoms with Crippen molar-refractivity contribution in [2.75, 3.05) is 5.75 Å². The minimum absolute atomic E-state index is 0.0546. The Balaban J connectivity index is 1.78. The molecule has 8 heteroatoms. The Labute approximate surface area is 149 Å². The highest BCUT2D eigenvalue weighted by Crippen LogP contribution is 2.32. The van der Waals surface area contributed by atoms with Crippen LogP contribution >= 0.6 is 0 Å². The molecule has 0 heterocycles. The first-order chi connectivity index (χ1) is 12.3. The Hall–Kier alpha value is -1.93. The van der Waals surface area contributed by atoms with E-state index in [0.717, 1.165) is 22.5 Å². The van der Waals surface area contributed by atoms with Gasteiger partial charge in [-0.1, -0.05) is 12.1 Å². The molecule has 26 heavy (non-hydrogen) atoms. The van der Waals surface area contributed by atoms with Crippen molar-refractivity contribution >= 4 is 10.0 Å². The summed E-state index contributed by atoms with van der Waals surface area (Å²) < 4.78 is 80.8. The van der Waals surface area contributed by atoms with Crippen molar-refractivity contribution in [1.29, 1.82) is 0 Å². The number of halogens is 4. The van der Waals surface area contributed by atoms with Crippen LogP contribution in [0.25, 0.3) is 0 Å². The van der Waals surface area contributed by atoms with Crippen LogP contribution in [-0.2, 0) is 23.0 Å². The predicted octanol–water partition coefficient (Wildman–Crippen LogP) is 3.78. The second-order valence-electron chi connectivity index (χ2n) is 6.28. The third-order valence-corrected chi connectivity index (χ3v) is 6.19. The molecule has 0 radical (unpaired) electrons. The molecule has 1 saturated carbocycles. The molecule has 0 atom stereocenters. The van der Waals surface area contributed by atoms with Crippen molar-refractivity contribution in [3.8, 4) is 0 Å². The lowest BCUT2D eigenvalue weighted by Crippen LogP contribution is -2.35. The minimum Gasteiger partial charge on any atom is -0.212 e. The fraction of sp³-hybridized carbons (Fsp3) is 0.333. The second kappa shape index (κ2) is 7.36. The number of nitrogens with zero attached hydrogens (tertiary/aromatic N) is 1. The molecule has 3 nitrogen and oxygen atoms in total. The lowest BCUT2D eigenvalue weighted by molar-refractivity contribution is 0.390. The van der Waals surface area contributed by atoms with E-state index >= 15 is 0 Å². The monoisotopic (exact) mass is 387 g/mol. The Bertz CT molecular complexity index is 893. The predicted molar refractivity (Wildman–Crippen MR) is 88.8 cm³/mol. The molecule has 0 spiro atoms. The summed E-state index contributed by atoms with van der Waals surface area (Å²) >= 11 is 0. The summed E-state index contributed by atoms with van der Waals surface area (Å²) in [5.41, 5.74) is -0.237. The summed E-state index contributed by atoms with van der Waals surface area (Å²) in [7, 11) is -3.88. The second-order valence-corrected chi connectivity index (χ2v) is 8.32. The summed E-state index contributed by atoms with van der Waals surface area (Å²) in [4.78, 5) is 0. The highest BCUT2D eigenvalue weighted by Gasteiger charge is 2.37. The third kappa shape index (κ3) is 4.24. The average molecular weight is 387 g/mol. The zero-order valence-corrected chi connectivity index (χ0v) is 14.6. The van der Waals surface area contributed by atoms with Gasteiger partial charge in [0.1, 0.15) is 23.3 Å². The van der Waals surface area contributed by atoms with Crippen molar-refractivity contribution in [2.45, 2.75) is 31.8 Å². The Kier molecular flexibility index (Phi) is 5.34. The number of hydrogen-bond donors (Lipinski definition) is 0. The molecule has 3 rings (SSSR count). The van der Waals surface area contributed by atoms with E-state index in [1.54, 1.807) is 0 Å². The van der Waals surface area contributed by atoms with Gasteiger partial charge in [0, 0.05) is 29.8 Å². The van der Waals surface area contributed by atoms with Gasteiger partial charge in [-0.2, -0.15) is 4.31 Å². The van der Waals surface area contributed by atoms with Crippen molar-refractivity contribution in [1.82, 2.24) is 4.31 Å². The van der Waals surface area contributed by atoms with Crippen LogP contribution in [0.1, 0.15) is 24.0 Å². The molecule has 0 amide bonds. The standard InChI is InChI=1S/C18H17F4NO2S/c19-13-5-4-12(18(22)10-13)11-23(14-6-7-14)26(24,25)9-8-15-16(20)2-1-3-17(15)21/h1-5,10,14H,6-9,11H2. The molecule has 0 unspecified atom stereocenters. The molecule has 2 aromatic rings. The molecule has 0 N–H and O–H groups in total. The maximum Gasteiger partial charge on any atom is 0.214 e. The van der Waals surface area contributed by atoms with Crippen LogP contribution in [-0.4, -0.2) is 24.5 Å². The fourth-order valence-electron chi connectivity index (χ4n) is 2.75. The maximum atomic E-state index is 13.9. The Morgan fingerprint density at radius 2 is 1.62 bits per heavy atom. The Morgan fingerprint density at radius 3 is 2.19 bits per heavy atom. The quantitative estimate of drug-likeness (QED) is 0.678. The van der Waals surface area contributed by atoms with E-state index in [2.05, 4.69) is 0 Å². The molecule has 140 valence electrons. The summed E-state index contributed by atoms with van der Waals surface area (Å²) in [5.74, 6) is -3.68. The molecule has 0 aromatic heterocycles. The lowest BCUT2D eigenvalue weighted by Gasteiger charge is -2.22. The van der Waals surface area contributed by atoms with Crippen LogP contribution in [0.5, 0.6) is 0 Å². The third-order valence-electron chi connectivity index (χ3n) is 4.32. The zero-order valence-electron chi connectivity index (χ0n) is 13.8. The Morgan fingerprint density at radius 1 is 0.962 bits per heavy atom. The molecular formula is C18H17F4NO2S. The highest BCUT2D eigenvalue weighted by atomic mass is 32.2. The highest BCUT2D eigenvalue weighted by molar-refractivity contribution is 7.89. The molecular weight excluding hydrogens is 370 g/mol. The van der Waals surface area contributed by atoms with E-state index in [0.29, 0.717) is 18.9 Å². The van der Waals surface area contributed by atoms with Gasteiger partial charge in [-0.15, -0.1) is 0 Å². The van der Waals surface area contributed by atoms with E-state index in [-0.39, 0.29) is 30.1 Å². The zero-order chi connectivity index (χ0) is 18.9. The summed E-state index contributed by atoms with van der Waals surface area (Å²) in [5, 5.41) is 0. The first-order valence-corrected chi connectivity index (χ1v) is 9.75. The van der Waals surface area contributed by atoms with Crippen LogP contribution in [0, 0.1) is 23.3 Å². The van der Waals surface area contributed by atoms with Crippen molar-refractivity contribution in [3.05, 3.63) is 70.8 Å². The summed E-state index contributed by atoms with van der Waals surface area (Å²) in [6.07, 6.45) is 0.947. The van der Waals surface area contributed by atoms with Gasteiger partial charge in [0.25, 0.3) is 0 Å². The van der Waals surface area contributed by atoms with Gasteiger partial charge in [-0.05, 0) is 37.5 Å². The number of sulfonamides is 1. The average Bonchev–Trinajstić information content (AvgIpc) is 3.38. The molecule has 0 saturated heterocycles. The smallest absolute Gasteiger partial charge is 0.212 e. The number of hydrogen-bond acceptors (Lipinski definition) is 2.